The summed E-state index contributed by atoms with van der Waals surface area (Å²) in [5, 5.41) is 0. The van der Waals surface area contributed by atoms with Gasteiger partial charge in [0.25, 0.3) is 0 Å². The lowest BCUT2D eigenvalue weighted by molar-refractivity contribution is 0.0972. The molecule has 0 radical (unpaired) electrons. The molecule has 0 saturated carbocycles. The smallest absolute Gasteiger partial charge is 0.177 e. The predicted octanol–water partition coefficient (Wildman–Crippen LogP) is 3.49. The van der Waals surface area contributed by atoms with Crippen molar-refractivity contribution in [3.8, 4) is 0 Å². The Balaban J connectivity index is 2.07. The summed E-state index contributed by atoms with van der Waals surface area (Å²) in [5.41, 5.74) is 2.28. The van der Waals surface area contributed by atoms with Gasteiger partial charge in [-0.3, -0.25) is 14.8 Å². The second kappa shape index (κ2) is 6.09. The zero-order chi connectivity index (χ0) is 14.5. The van der Waals surface area contributed by atoms with Crippen molar-refractivity contribution in [2.45, 2.75) is 5.92 Å². The fourth-order valence-corrected chi connectivity index (χ4v) is 2.32. The highest BCUT2D eigenvalue weighted by molar-refractivity contribution is 6.02. The van der Waals surface area contributed by atoms with Crippen molar-refractivity contribution >= 4 is 5.78 Å². The van der Waals surface area contributed by atoms with Crippen LogP contribution in [0.1, 0.15) is 27.5 Å². The van der Waals surface area contributed by atoms with Crippen molar-refractivity contribution in [3.63, 3.8) is 0 Å². The molecule has 1 unspecified atom stereocenters. The summed E-state index contributed by atoms with van der Waals surface area (Å²) in [5.74, 6) is -0.399. The zero-order valence-corrected chi connectivity index (χ0v) is 11.4. The van der Waals surface area contributed by atoms with Gasteiger partial charge in [-0.1, -0.05) is 36.4 Å². The van der Waals surface area contributed by atoms with Crippen LogP contribution in [0.15, 0.2) is 79.3 Å². The third-order valence-corrected chi connectivity index (χ3v) is 3.32. The first-order valence-electron chi connectivity index (χ1n) is 6.76. The molecule has 0 saturated heterocycles. The van der Waals surface area contributed by atoms with Gasteiger partial charge in [-0.25, -0.2) is 0 Å². The van der Waals surface area contributed by atoms with Gasteiger partial charge in [-0.05, 0) is 29.8 Å². The van der Waals surface area contributed by atoms with Crippen LogP contribution in [0.3, 0.4) is 0 Å². The quantitative estimate of drug-likeness (QED) is 0.684. The second-order valence-electron chi connectivity index (χ2n) is 4.70. The van der Waals surface area contributed by atoms with Crippen molar-refractivity contribution in [3.05, 3.63) is 96.1 Å². The molecule has 3 nitrogen and oxygen atoms in total. The summed E-state index contributed by atoms with van der Waals surface area (Å²) >= 11 is 0. The van der Waals surface area contributed by atoms with Crippen LogP contribution in [-0.4, -0.2) is 15.8 Å². The van der Waals surface area contributed by atoms with Gasteiger partial charge in [0.1, 0.15) is 0 Å². The van der Waals surface area contributed by atoms with Gasteiger partial charge in [-0.2, -0.15) is 0 Å². The lowest BCUT2D eigenvalue weighted by Crippen LogP contribution is -2.15. The molecule has 0 bridgehead atoms. The third kappa shape index (κ3) is 2.87. The highest BCUT2D eigenvalue weighted by Crippen LogP contribution is 2.26. The fraction of sp³-hybridized carbons (Fsp3) is 0.0556. The number of rotatable bonds is 4. The fourth-order valence-electron chi connectivity index (χ4n) is 2.32. The Morgan fingerprint density at radius 1 is 0.857 bits per heavy atom. The maximum Gasteiger partial charge on any atom is 0.177 e. The van der Waals surface area contributed by atoms with Crippen LogP contribution in [0, 0.1) is 0 Å². The van der Waals surface area contributed by atoms with E-state index in [9.17, 15) is 4.79 Å². The molecule has 3 heteroatoms. The number of ketones is 1. The zero-order valence-electron chi connectivity index (χ0n) is 11.4. The summed E-state index contributed by atoms with van der Waals surface area (Å²) < 4.78 is 0. The first kappa shape index (κ1) is 13.2. The van der Waals surface area contributed by atoms with Gasteiger partial charge in [-0.15, -0.1) is 0 Å². The highest BCUT2D eigenvalue weighted by Gasteiger charge is 2.24. The number of aromatic nitrogens is 2. The van der Waals surface area contributed by atoms with E-state index >= 15 is 0 Å². The van der Waals surface area contributed by atoms with Crippen LogP contribution in [0.2, 0.25) is 0 Å². The molecule has 3 rings (SSSR count). The van der Waals surface area contributed by atoms with Gasteiger partial charge in [0.15, 0.2) is 5.78 Å². The van der Waals surface area contributed by atoms with Gasteiger partial charge >= 0.3 is 0 Å². The highest BCUT2D eigenvalue weighted by atomic mass is 16.1. The number of hydrogen-bond donors (Lipinski definition) is 0. The van der Waals surface area contributed by atoms with Crippen LogP contribution < -0.4 is 0 Å². The Kier molecular flexibility index (Phi) is 3.83. The minimum absolute atomic E-state index is 0.00741. The lowest BCUT2D eigenvalue weighted by Gasteiger charge is -2.15. The number of nitrogens with zero attached hydrogens (tertiary/aromatic N) is 2. The predicted molar refractivity (Wildman–Crippen MR) is 81.1 cm³/mol. The molecular formula is C18H14N2O. The van der Waals surface area contributed by atoms with Crippen molar-refractivity contribution < 1.29 is 4.79 Å². The van der Waals surface area contributed by atoms with Gasteiger partial charge in [0, 0.05) is 24.2 Å². The summed E-state index contributed by atoms with van der Waals surface area (Å²) in [6, 6.07) is 18.9. The van der Waals surface area contributed by atoms with E-state index in [1.807, 2.05) is 48.5 Å². The minimum atomic E-state index is -0.406. The van der Waals surface area contributed by atoms with E-state index in [-0.39, 0.29) is 5.78 Å². The van der Waals surface area contributed by atoms with Crippen molar-refractivity contribution in [1.82, 2.24) is 9.97 Å². The van der Waals surface area contributed by atoms with E-state index < -0.39 is 5.92 Å². The number of Topliss-reactive ketones (excluding diaryl/α,β-unsaturated/α-hetero) is 1. The maximum atomic E-state index is 12.9. The van der Waals surface area contributed by atoms with E-state index in [1.54, 1.807) is 30.7 Å². The molecule has 0 N–H and O–H groups in total. The van der Waals surface area contributed by atoms with Crippen LogP contribution >= 0.6 is 0 Å². The third-order valence-electron chi connectivity index (χ3n) is 3.32. The molecule has 0 aliphatic carbocycles. The largest absolute Gasteiger partial charge is 0.293 e. The molecule has 2 aromatic heterocycles. The molecule has 0 aliphatic heterocycles. The minimum Gasteiger partial charge on any atom is -0.293 e. The molecular weight excluding hydrogens is 260 g/mol. The molecule has 0 amide bonds. The molecule has 21 heavy (non-hydrogen) atoms. The van der Waals surface area contributed by atoms with E-state index in [4.69, 9.17) is 0 Å². The van der Waals surface area contributed by atoms with Gasteiger partial charge < -0.3 is 0 Å². The van der Waals surface area contributed by atoms with E-state index in [1.165, 1.54) is 0 Å². The molecule has 2 heterocycles. The first-order valence-corrected chi connectivity index (χ1v) is 6.76. The summed E-state index contributed by atoms with van der Waals surface area (Å²) in [6.45, 7) is 0. The average Bonchev–Trinajstić information content (AvgIpc) is 2.58. The second-order valence-corrected chi connectivity index (χ2v) is 4.70. The average molecular weight is 274 g/mol. The van der Waals surface area contributed by atoms with Gasteiger partial charge in [0.05, 0.1) is 11.6 Å². The Hall–Kier alpha value is -2.81. The molecule has 1 aromatic carbocycles. The molecule has 0 aliphatic rings. The standard InChI is InChI=1S/C18H14N2O/c21-18(15-9-6-11-19-13-15)17(14-7-2-1-3-8-14)16-10-4-5-12-20-16/h1-13,17H. The number of pyridine rings is 2. The topological polar surface area (TPSA) is 42.9 Å². The lowest BCUT2D eigenvalue weighted by atomic mass is 9.88. The van der Waals surface area contributed by atoms with Crippen molar-refractivity contribution in [2.24, 2.45) is 0 Å². The van der Waals surface area contributed by atoms with Gasteiger partial charge in [0.2, 0.25) is 0 Å². The first-order chi connectivity index (χ1) is 10.4. The number of carbonyl (C=O) groups is 1. The molecule has 0 fully saturated rings. The van der Waals surface area contributed by atoms with E-state index in [0.717, 1.165) is 11.3 Å². The maximum absolute atomic E-state index is 12.9. The Bertz CT molecular complexity index is 672. The Morgan fingerprint density at radius 2 is 1.67 bits per heavy atom. The number of carbonyl (C=O) groups excluding carboxylic acids is 1. The normalized spacial score (nSPS) is 11.8. The molecule has 0 spiro atoms. The molecule has 3 aromatic rings. The molecule has 102 valence electrons. The summed E-state index contributed by atoms with van der Waals surface area (Å²) in [7, 11) is 0. The van der Waals surface area contributed by atoms with Crippen LogP contribution in [-0.2, 0) is 0 Å². The number of benzene rings is 1. The van der Waals surface area contributed by atoms with Crippen LogP contribution in [0.5, 0.6) is 0 Å². The van der Waals surface area contributed by atoms with Crippen LogP contribution in [0.4, 0.5) is 0 Å². The Morgan fingerprint density at radius 3 is 2.33 bits per heavy atom. The van der Waals surface area contributed by atoms with Crippen molar-refractivity contribution in [1.29, 1.82) is 0 Å². The van der Waals surface area contributed by atoms with Crippen molar-refractivity contribution in [2.75, 3.05) is 0 Å². The van der Waals surface area contributed by atoms with Crippen LogP contribution in [0.25, 0.3) is 0 Å². The monoisotopic (exact) mass is 274 g/mol. The van der Waals surface area contributed by atoms with E-state index in [2.05, 4.69) is 9.97 Å². The van der Waals surface area contributed by atoms with E-state index in [0.29, 0.717) is 5.56 Å². The molecule has 1 atom stereocenters. The summed E-state index contributed by atoms with van der Waals surface area (Å²) in [4.78, 5) is 21.3. The SMILES string of the molecule is O=C(c1cccnc1)C(c1ccccc1)c1ccccn1. The summed E-state index contributed by atoms with van der Waals surface area (Å²) in [6.07, 6.45) is 4.97. The Labute approximate surface area is 123 Å². The number of hydrogen-bond acceptors (Lipinski definition) is 3.